The molecule has 104 valence electrons. The third kappa shape index (κ3) is 4.42. The van der Waals surface area contributed by atoms with Crippen LogP contribution in [0.15, 0.2) is 36.0 Å². The summed E-state index contributed by atoms with van der Waals surface area (Å²) in [7, 11) is 0. The van der Waals surface area contributed by atoms with Crippen molar-refractivity contribution in [1.29, 1.82) is 5.26 Å². The summed E-state index contributed by atoms with van der Waals surface area (Å²) >= 11 is 0. The minimum atomic E-state index is -1.21. The van der Waals surface area contributed by atoms with Crippen LogP contribution < -0.4 is 10.6 Å². The molecule has 3 N–H and O–H groups in total. The number of hydrogen-bond donors (Lipinski definition) is 3. The van der Waals surface area contributed by atoms with Crippen LogP contribution in [-0.4, -0.2) is 23.0 Å². The van der Waals surface area contributed by atoms with E-state index in [0.717, 1.165) is 6.20 Å². The van der Waals surface area contributed by atoms with Crippen LogP contribution in [0.5, 0.6) is 0 Å². The minimum Gasteiger partial charge on any atom is -0.480 e. The van der Waals surface area contributed by atoms with E-state index in [0.29, 0.717) is 5.69 Å². The summed E-state index contributed by atoms with van der Waals surface area (Å²) in [4.78, 5) is 22.2. The zero-order valence-corrected chi connectivity index (χ0v) is 10.6. The Hall–Kier alpha value is -2.88. The van der Waals surface area contributed by atoms with E-state index in [4.69, 9.17) is 10.4 Å². The largest absolute Gasteiger partial charge is 0.480 e. The first-order valence-electron chi connectivity index (χ1n) is 5.60. The summed E-state index contributed by atoms with van der Waals surface area (Å²) in [6, 6.07) is 5.96. The molecule has 1 aromatic carbocycles. The number of carbonyl (C=O) groups is 2. The second kappa shape index (κ2) is 6.89. The smallest absolute Gasteiger partial charge is 0.325 e. The molecule has 0 aliphatic carbocycles. The highest BCUT2D eigenvalue weighted by Gasteiger charge is 2.16. The number of carboxylic acid groups (broad SMARTS) is 1. The number of aliphatic carboxylic acids is 1. The van der Waals surface area contributed by atoms with Gasteiger partial charge in [-0.25, -0.2) is 4.39 Å². The maximum Gasteiger partial charge on any atom is 0.325 e. The fourth-order valence-corrected chi connectivity index (χ4v) is 1.22. The minimum absolute atomic E-state index is 0.317. The van der Waals surface area contributed by atoms with Crippen LogP contribution in [0.1, 0.15) is 6.92 Å². The first-order chi connectivity index (χ1) is 9.43. The van der Waals surface area contributed by atoms with Crippen molar-refractivity contribution in [3.63, 3.8) is 0 Å². The summed E-state index contributed by atoms with van der Waals surface area (Å²) < 4.78 is 12.9. The van der Waals surface area contributed by atoms with Crippen molar-refractivity contribution in [1.82, 2.24) is 5.32 Å². The number of amides is 1. The highest BCUT2D eigenvalue weighted by atomic mass is 19.1. The van der Waals surface area contributed by atoms with Crippen LogP contribution >= 0.6 is 0 Å². The average molecular weight is 277 g/mol. The lowest BCUT2D eigenvalue weighted by atomic mass is 10.2. The quantitative estimate of drug-likeness (QED) is 0.555. The van der Waals surface area contributed by atoms with Gasteiger partial charge in [0.05, 0.1) is 0 Å². The fraction of sp³-hybridized carbons (Fsp3) is 0.154. The van der Waals surface area contributed by atoms with E-state index in [9.17, 15) is 14.0 Å². The van der Waals surface area contributed by atoms with E-state index >= 15 is 0 Å². The highest BCUT2D eigenvalue weighted by Crippen LogP contribution is 2.09. The molecule has 0 saturated heterocycles. The lowest BCUT2D eigenvalue weighted by molar-refractivity contribution is -0.140. The predicted octanol–water partition coefficient (Wildman–Crippen LogP) is 1.23. The van der Waals surface area contributed by atoms with Crippen LogP contribution in [0.4, 0.5) is 10.1 Å². The van der Waals surface area contributed by atoms with Crippen molar-refractivity contribution in [3.8, 4) is 6.07 Å². The van der Waals surface area contributed by atoms with Gasteiger partial charge >= 0.3 is 5.97 Å². The number of hydrogen-bond acceptors (Lipinski definition) is 4. The molecule has 1 rings (SSSR count). The van der Waals surface area contributed by atoms with Gasteiger partial charge in [-0.05, 0) is 25.1 Å². The number of nitrogens with one attached hydrogen (secondary N) is 2. The third-order valence-corrected chi connectivity index (χ3v) is 2.29. The second-order valence-electron chi connectivity index (χ2n) is 3.86. The number of rotatable bonds is 5. The number of halogens is 1. The van der Waals surface area contributed by atoms with E-state index in [1.54, 1.807) is 12.1 Å². The van der Waals surface area contributed by atoms with E-state index in [-0.39, 0.29) is 5.57 Å². The Kier molecular flexibility index (Phi) is 5.23. The van der Waals surface area contributed by atoms with Gasteiger partial charge in [-0.1, -0.05) is 6.07 Å². The van der Waals surface area contributed by atoms with Gasteiger partial charge < -0.3 is 15.7 Å². The maximum atomic E-state index is 12.9. The van der Waals surface area contributed by atoms with Crippen LogP contribution in [0.3, 0.4) is 0 Å². The summed E-state index contributed by atoms with van der Waals surface area (Å²) in [6.45, 7) is 1.27. The zero-order valence-electron chi connectivity index (χ0n) is 10.6. The van der Waals surface area contributed by atoms with Gasteiger partial charge in [0.25, 0.3) is 5.91 Å². The van der Waals surface area contributed by atoms with Crippen LogP contribution in [0.2, 0.25) is 0 Å². The van der Waals surface area contributed by atoms with Gasteiger partial charge in [0.15, 0.2) is 0 Å². The monoisotopic (exact) mass is 277 g/mol. The molecule has 0 bridgehead atoms. The van der Waals surface area contributed by atoms with Crippen LogP contribution in [-0.2, 0) is 9.59 Å². The molecule has 0 radical (unpaired) electrons. The molecule has 0 aromatic heterocycles. The molecule has 1 unspecified atom stereocenters. The van der Waals surface area contributed by atoms with Gasteiger partial charge in [0.2, 0.25) is 0 Å². The normalized spacial score (nSPS) is 12.2. The van der Waals surface area contributed by atoms with Gasteiger partial charge in [0, 0.05) is 11.9 Å². The topological polar surface area (TPSA) is 102 Å². The number of anilines is 1. The van der Waals surface area contributed by atoms with Crippen molar-refractivity contribution in [3.05, 3.63) is 41.9 Å². The summed E-state index contributed by atoms with van der Waals surface area (Å²) in [5.74, 6) is -2.51. The molecule has 20 heavy (non-hydrogen) atoms. The number of benzene rings is 1. The first kappa shape index (κ1) is 15.2. The summed E-state index contributed by atoms with van der Waals surface area (Å²) in [5, 5.41) is 22.2. The van der Waals surface area contributed by atoms with Crippen molar-refractivity contribution >= 4 is 17.6 Å². The lowest BCUT2D eigenvalue weighted by Crippen LogP contribution is -2.39. The number of nitriles is 1. The number of carbonyl (C=O) groups excluding carboxylic acids is 1. The SMILES string of the molecule is CC(NC(=O)/C(C#N)=C\Nc1cccc(F)c1)C(=O)O. The van der Waals surface area contributed by atoms with Gasteiger partial charge in [-0.2, -0.15) is 5.26 Å². The third-order valence-electron chi connectivity index (χ3n) is 2.29. The maximum absolute atomic E-state index is 12.9. The number of carboxylic acids is 1. The zero-order chi connectivity index (χ0) is 15.1. The molecule has 6 nitrogen and oxygen atoms in total. The van der Waals surface area contributed by atoms with Gasteiger partial charge in [-0.3, -0.25) is 9.59 Å². The van der Waals surface area contributed by atoms with Crippen molar-refractivity contribution < 1.29 is 19.1 Å². The van der Waals surface area contributed by atoms with E-state index in [1.165, 1.54) is 25.1 Å². The van der Waals surface area contributed by atoms with Crippen molar-refractivity contribution in [2.75, 3.05) is 5.32 Å². The molecule has 7 heteroatoms. The Balaban J connectivity index is 2.75. The van der Waals surface area contributed by atoms with Crippen LogP contribution in [0.25, 0.3) is 0 Å². The standard InChI is InChI=1S/C13H12FN3O3/c1-8(13(19)20)17-12(18)9(6-15)7-16-11-4-2-3-10(14)5-11/h2-5,7-8,16H,1H3,(H,17,18)(H,19,20)/b9-7-. The van der Waals surface area contributed by atoms with E-state index in [2.05, 4.69) is 10.6 Å². The predicted molar refractivity (Wildman–Crippen MR) is 69.0 cm³/mol. The van der Waals surface area contributed by atoms with Crippen molar-refractivity contribution in [2.24, 2.45) is 0 Å². The molecule has 0 spiro atoms. The second-order valence-corrected chi connectivity index (χ2v) is 3.86. The molecule has 1 atom stereocenters. The molecule has 0 aliphatic rings. The molecule has 1 amide bonds. The molecule has 0 heterocycles. The lowest BCUT2D eigenvalue weighted by Gasteiger charge is -2.08. The van der Waals surface area contributed by atoms with Crippen LogP contribution in [0, 0.1) is 17.1 Å². The Bertz CT molecular complexity index is 593. The molecule has 0 aliphatic heterocycles. The Morgan fingerprint density at radius 1 is 1.50 bits per heavy atom. The van der Waals surface area contributed by atoms with Gasteiger partial charge in [-0.15, -0.1) is 0 Å². The van der Waals surface area contributed by atoms with Gasteiger partial charge in [0.1, 0.15) is 23.5 Å². The van der Waals surface area contributed by atoms with E-state index in [1.807, 2.05) is 0 Å². The molecule has 0 fully saturated rings. The summed E-state index contributed by atoms with van der Waals surface area (Å²) in [6.07, 6.45) is 1.08. The molecule has 0 saturated carbocycles. The first-order valence-corrected chi connectivity index (χ1v) is 5.60. The molecular formula is C13H12FN3O3. The Labute approximate surface area is 114 Å². The average Bonchev–Trinajstić information content (AvgIpc) is 2.39. The van der Waals surface area contributed by atoms with Crippen molar-refractivity contribution in [2.45, 2.75) is 13.0 Å². The Morgan fingerprint density at radius 3 is 2.75 bits per heavy atom. The highest BCUT2D eigenvalue weighted by molar-refractivity contribution is 5.99. The molecule has 1 aromatic rings. The number of nitrogens with zero attached hydrogens (tertiary/aromatic N) is 1. The summed E-state index contributed by atoms with van der Waals surface area (Å²) in [5.41, 5.74) is 0.0409. The Morgan fingerprint density at radius 2 is 2.20 bits per heavy atom. The fourth-order valence-electron chi connectivity index (χ4n) is 1.22. The van der Waals surface area contributed by atoms with E-state index < -0.39 is 23.7 Å². The molecular weight excluding hydrogens is 265 g/mol.